The van der Waals surface area contributed by atoms with Crippen molar-refractivity contribution in [1.82, 2.24) is 4.90 Å². The fraction of sp³-hybridized carbons (Fsp3) is 0.222. The molecule has 6 nitrogen and oxygen atoms in total. The van der Waals surface area contributed by atoms with Gasteiger partial charge in [-0.25, -0.2) is 13.2 Å². The van der Waals surface area contributed by atoms with E-state index in [0.717, 1.165) is 11.0 Å². The summed E-state index contributed by atoms with van der Waals surface area (Å²) >= 11 is 1.23. The van der Waals surface area contributed by atoms with Gasteiger partial charge in [-0.05, 0) is 23.1 Å². The number of carbonyl (C=O) groups excluding carboxylic acids is 2. The van der Waals surface area contributed by atoms with Crippen molar-refractivity contribution < 1.29 is 22.7 Å². The lowest BCUT2D eigenvalue weighted by Crippen LogP contribution is -2.42. The minimum Gasteiger partial charge on any atom is -0.451 e. The molecule has 26 heavy (non-hydrogen) atoms. The quantitative estimate of drug-likeness (QED) is 0.706. The molecule has 136 valence electrons. The van der Waals surface area contributed by atoms with Gasteiger partial charge in [0.1, 0.15) is 4.88 Å². The van der Waals surface area contributed by atoms with E-state index in [-0.39, 0.29) is 12.3 Å². The van der Waals surface area contributed by atoms with Gasteiger partial charge in [0.25, 0.3) is 5.91 Å². The molecule has 0 fully saturated rings. The third-order valence-electron chi connectivity index (χ3n) is 3.88. The Balaban J connectivity index is 1.71. The maximum Gasteiger partial charge on any atom is 0.348 e. The molecule has 0 unspecified atom stereocenters. The van der Waals surface area contributed by atoms with Crippen LogP contribution in [0.15, 0.2) is 59.3 Å². The fourth-order valence-corrected chi connectivity index (χ4v) is 4.51. The SMILES string of the molecule is O=C(OCC(=O)N(Cc1ccccc1)[C@@H]1C=CS(=O)(=O)C1)c1cccs1. The van der Waals surface area contributed by atoms with Crippen molar-refractivity contribution in [1.29, 1.82) is 0 Å². The van der Waals surface area contributed by atoms with Crippen LogP contribution in [0.5, 0.6) is 0 Å². The fourth-order valence-electron chi connectivity index (χ4n) is 2.60. The van der Waals surface area contributed by atoms with Crippen LogP contribution in [-0.4, -0.2) is 43.6 Å². The predicted octanol–water partition coefficient (Wildman–Crippen LogP) is 2.24. The highest BCUT2D eigenvalue weighted by molar-refractivity contribution is 7.94. The zero-order valence-corrected chi connectivity index (χ0v) is 15.4. The minimum absolute atomic E-state index is 0.162. The van der Waals surface area contributed by atoms with Gasteiger partial charge >= 0.3 is 5.97 Å². The molecule has 1 aromatic heterocycles. The number of ether oxygens (including phenoxy) is 1. The molecule has 2 heterocycles. The van der Waals surface area contributed by atoms with Gasteiger partial charge in [-0.15, -0.1) is 11.3 Å². The van der Waals surface area contributed by atoms with Gasteiger partial charge in [0.2, 0.25) is 0 Å². The second-order valence-corrected chi connectivity index (χ2v) is 8.66. The highest BCUT2D eigenvalue weighted by Crippen LogP contribution is 2.18. The number of sulfone groups is 1. The number of amides is 1. The summed E-state index contributed by atoms with van der Waals surface area (Å²) in [6, 6.07) is 12.0. The van der Waals surface area contributed by atoms with Crippen molar-refractivity contribution in [2.24, 2.45) is 0 Å². The van der Waals surface area contributed by atoms with E-state index in [1.54, 1.807) is 17.5 Å². The molecule has 0 saturated heterocycles. The molecule has 8 heteroatoms. The van der Waals surface area contributed by atoms with Gasteiger partial charge in [-0.2, -0.15) is 0 Å². The number of hydrogen-bond donors (Lipinski definition) is 0. The van der Waals surface area contributed by atoms with Crippen LogP contribution in [0.3, 0.4) is 0 Å². The molecule has 1 amide bonds. The summed E-state index contributed by atoms with van der Waals surface area (Å²) in [6.07, 6.45) is 1.50. The summed E-state index contributed by atoms with van der Waals surface area (Å²) in [5.74, 6) is -1.17. The summed E-state index contributed by atoms with van der Waals surface area (Å²) in [7, 11) is -3.31. The first kappa shape index (κ1) is 18.3. The van der Waals surface area contributed by atoms with Crippen molar-refractivity contribution in [2.45, 2.75) is 12.6 Å². The Morgan fingerprint density at radius 3 is 2.54 bits per heavy atom. The van der Waals surface area contributed by atoms with Crippen LogP contribution in [0.25, 0.3) is 0 Å². The molecule has 1 aromatic carbocycles. The lowest BCUT2D eigenvalue weighted by atomic mass is 10.2. The second-order valence-electron chi connectivity index (χ2n) is 5.79. The molecule has 2 aromatic rings. The molecule has 0 bridgehead atoms. The van der Waals surface area contributed by atoms with E-state index in [1.165, 1.54) is 22.3 Å². The number of benzene rings is 1. The van der Waals surface area contributed by atoms with Crippen molar-refractivity contribution in [3.8, 4) is 0 Å². The first-order valence-corrected chi connectivity index (χ1v) is 10.5. The molecule has 0 N–H and O–H groups in total. The zero-order valence-electron chi connectivity index (χ0n) is 13.8. The third-order valence-corrected chi connectivity index (χ3v) is 6.10. The van der Waals surface area contributed by atoms with E-state index in [9.17, 15) is 18.0 Å². The van der Waals surface area contributed by atoms with Crippen LogP contribution in [0.2, 0.25) is 0 Å². The smallest absolute Gasteiger partial charge is 0.348 e. The number of thiophene rings is 1. The maximum atomic E-state index is 12.6. The molecule has 0 spiro atoms. The summed E-state index contributed by atoms with van der Waals surface area (Å²) in [6.45, 7) is -0.200. The van der Waals surface area contributed by atoms with Crippen LogP contribution in [0.1, 0.15) is 15.2 Å². The first-order valence-electron chi connectivity index (χ1n) is 7.89. The Morgan fingerprint density at radius 1 is 1.15 bits per heavy atom. The number of carbonyl (C=O) groups is 2. The number of esters is 1. The Kier molecular flexibility index (Phi) is 5.53. The third kappa shape index (κ3) is 4.59. The van der Waals surface area contributed by atoms with E-state index in [2.05, 4.69) is 0 Å². The van der Waals surface area contributed by atoms with E-state index >= 15 is 0 Å². The molecule has 0 radical (unpaired) electrons. The molecular formula is C18H17NO5S2. The van der Waals surface area contributed by atoms with E-state index in [1.807, 2.05) is 30.3 Å². The van der Waals surface area contributed by atoms with Gasteiger partial charge in [0, 0.05) is 12.0 Å². The molecule has 3 rings (SSSR count). The normalized spacial score (nSPS) is 17.8. The minimum atomic E-state index is -3.31. The van der Waals surface area contributed by atoms with Crippen molar-refractivity contribution in [3.05, 3.63) is 69.8 Å². The van der Waals surface area contributed by atoms with Crippen LogP contribution in [0, 0.1) is 0 Å². The van der Waals surface area contributed by atoms with Crippen LogP contribution < -0.4 is 0 Å². The molecule has 1 atom stereocenters. The average molecular weight is 391 g/mol. The Hall–Kier alpha value is -2.45. The predicted molar refractivity (Wildman–Crippen MR) is 98.3 cm³/mol. The van der Waals surface area contributed by atoms with Crippen molar-refractivity contribution >= 4 is 33.1 Å². The Morgan fingerprint density at radius 2 is 1.92 bits per heavy atom. The first-order chi connectivity index (χ1) is 12.4. The lowest BCUT2D eigenvalue weighted by molar-refractivity contribution is -0.136. The number of nitrogens with zero attached hydrogens (tertiary/aromatic N) is 1. The second kappa shape index (κ2) is 7.84. The number of rotatable bonds is 6. The zero-order chi connectivity index (χ0) is 18.6. The Bertz CT molecular complexity index is 904. The van der Waals surface area contributed by atoms with Gasteiger partial charge in [0.05, 0.1) is 11.8 Å². The van der Waals surface area contributed by atoms with E-state index in [4.69, 9.17) is 4.74 Å². The van der Waals surface area contributed by atoms with Gasteiger partial charge in [-0.3, -0.25) is 4.79 Å². The summed E-state index contributed by atoms with van der Waals surface area (Å²) < 4.78 is 28.6. The maximum absolute atomic E-state index is 12.6. The van der Waals surface area contributed by atoms with Gasteiger partial charge in [-0.1, -0.05) is 36.4 Å². The largest absolute Gasteiger partial charge is 0.451 e. The lowest BCUT2D eigenvalue weighted by Gasteiger charge is -2.27. The standard InChI is InChI=1S/C18H17NO5S2/c20-17(12-24-18(21)16-7-4-9-25-16)19(11-14-5-2-1-3-6-14)15-8-10-26(22,23)13-15/h1-10,15H,11-13H2/t15-/m1/s1. The molecule has 1 aliphatic rings. The van der Waals surface area contributed by atoms with Crippen molar-refractivity contribution in [2.75, 3.05) is 12.4 Å². The molecule has 0 saturated carbocycles. The molecule has 1 aliphatic heterocycles. The average Bonchev–Trinajstić information content (AvgIpc) is 3.28. The monoisotopic (exact) mass is 391 g/mol. The highest BCUT2D eigenvalue weighted by Gasteiger charge is 2.30. The number of hydrogen-bond acceptors (Lipinski definition) is 6. The Labute approximate surface area is 155 Å². The molecular weight excluding hydrogens is 374 g/mol. The van der Waals surface area contributed by atoms with Gasteiger partial charge in [0.15, 0.2) is 16.4 Å². The van der Waals surface area contributed by atoms with Crippen molar-refractivity contribution in [3.63, 3.8) is 0 Å². The van der Waals surface area contributed by atoms with Crippen LogP contribution in [-0.2, 0) is 25.9 Å². The summed E-state index contributed by atoms with van der Waals surface area (Å²) in [4.78, 5) is 26.4. The van der Waals surface area contributed by atoms with Gasteiger partial charge < -0.3 is 9.64 Å². The topological polar surface area (TPSA) is 80.8 Å². The highest BCUT2D eigenvalue weighted by atomic mass is 32.2. The summed E-state index contributed by atoms with van der Waals surface area (Å²) in [5, 5.41) is 2.87. The molecule has 0 aliphatic carbocycles. The van der Waals surface area contributed by atoms with E-state index in [0.29, 0.717) is 4.88 Å². The van der Waals surface area contributed by atoms with Crippen LogP contribution >= 0.6 is 11.3 Å². The van der Waals surface area contributed by atoms with E-state index < -0.39 is 34.4 Å². The summed E-state index contributed by atoms with van der Waals surface area (Å²) in [5.41, 5.74) is 0.864. The van der Waals surface area contributed by atoms with Crippen LogP contribution in [0.4, 0.5) is 0 Å².